The van der Waals surface area contributed by atoms with Crippen LogP contribution in [0.2, 0.25) is 5.04 Å². The Balaban J connectivity index is 3.98. The van der Waals surface area contributed by atoms with E-state index in [9.17, 15) is 0 Å². The second-order valence-electron chi connectivity index (χ2n) is 5.24. The molecule has 1 N–H and O–H groups in total. The number of hydrogen-bond donors (Lipinski definition) is 1. The summed E-state index contributed by atoms with van der Waals surface area (Å²) in [7, 11) is 9.61. The molecule has 0 aliphatic carbocycles. The molecule has 0 amide bonds. The van der Waals surface area contributed by atoms with E-state index in [0.29, 0.717) is 11.3 Å². The van der Waals surface area contributed by atoms with Gasteiger partial charge in [-0.3, -0.25) is 15.1 Å². The maximum absolute atomic E-state index is 3.55. The second-order valence-corrected chi connectivity index (χ2v) is 7.95. The average molecular weight is 203 g/mol. The SMILES string of the molecule is CN(C)C(NCC(C)(C)[SiH3])N(C)C. The van der Waals surface area contributed by atoms with Crippen LogP contribution < -0.4 is 5.32 Å². The molecule has 0 atom stereocenters. The van der Waals surface area contributed by atoms with Gasteiger partial charge in [0.15, 0.2) is 0 Å². The number of nitrogens with one attached hydrogen (secondary N) is 1. The Kier molecular flexibility index (Phi) is 5.13. The molecule has 0 bridgehead atoms. The molecule has 0 unspecified atom stereocenters. The second kappa shape index (κ2) is 5.10. The van der Waals surface area contributed by atoms with E-state index in [1.54, 1.807) is 0 Å². The number of hydrogen-bond acceptors (Lipinski definition) is 3. The van der Waals surface area contributed by atoms with Crippen LogP contribution in [-0.4, -0.2) is 61.1 Å². The van der Waals surface area contributed by atoms with Gasteiger partial charge in [0.25, 0.3) is 0 Å². The molecule has 0 saturated heterocycles. The predicted molar refractivity (Wildman–Crippen MR) is 63.1 cm³/mol. The highest BCUT2D eigenvalue weighted by molar-refractivity contribution is 6.14. The van der Waals surface area contributed by atoms with Crippen LogP contribution in [0.3, 0.4) is 0 Å². The van der Waals surface area contributed by atoms with Crippen LogP contribution in [0.1, 0.15) is 13.8 Å². The Bertz CT molecular complexity index is 132. The van der Waals surface area contributed by atoms with Crippen molar-refractivity contribution in [2.75, 3.05) is 34.7 Å². The average Bonchev–Trinajstić information content (AvgIpc) is 1.82. The highest BCUT2D eigenvalue weighted by Gasteiger charge is 2.16. The molecule has 13 heavy (non-hydrogen) atoms. The summed E-state index contributed by atoms with van der Waals surface area (Å²) in [4.78, 5) is 4.38. The molecule has 0 aromatic rings. The van der Waals surface area contributed by atoms with Gasteiger partial charge >= 0.3 is 0 Å². The van der Waals surface area contributed by atoms with Gasteiger partial charge in [0.2, 0.25) is 0 Å². The van der Waals surface area contributed by atoms with Crippen LogP contribution in [0.15, 0.2) is 0 Å². The molecule has 80 valence electrons. The monoisotopic (exact) mass is 203 g/mol. The van der Waals surface area contributed by atoms with Crippen LogP contribution in [0, 0.1) is 0 Å². The van der Waals surface area contributed by atoms with E-state index >= 15 is 0 Å². The maximum Gasteiger partial charge on any atom is 0.116 e. The van der Waals surface area contributed by atoms with Gasteiger partial charge in [0.1, 0.15) is 6.29 Å². The van der Waals surface area contributed by atoms with E-state index in [1.165, 1.54) is 10.2 Å². The molecule has 0 heterocycles. The highest BCUT2D eigenvalue weighted by Crippen LogP contribution is 2.15. The minimum Gasteiger partial charge on any atom is -0.289 e. The molecule has 3 nitrogen and oxygen atoms in total. The first kappa shape index (κ1) is 13.1. The van der Waals surface area contributed by atoms with Crippen molar-refractivity contribution >= 4 is 10.2 Å². The van der Waals surface area contributed by atoms with Crippen molar-refractivity contribution in [3.05, 3.63) is 0 Å². The van der Waals surface area contributed by atoms with Gasteiger partial charge in [0, 0.05) is 10.2 Å². The smallest absolute Gasteiger partial charge is 0.116 e. The zero-order chi connectivity index (χ0) is 10.6. The largest absolute Gasteiger partial charge is 0.289 e. The fourth-order valence-corrected chi connectivity index (χ4v) is 1.43. The third-order valence-electron chi connectivity index (χ3n) is 1.79. The molecule has 0 aliphatic heterocycles. The van der Waals surface area contributed by atoms with E-state index in [0.717, 1.165) is 6.54 Å². The molecule has 0 aromatic carbocycles. The molecule has 0 fully saturated rings. The number of nitrogens with zero attached hydrogens (tertiary/aromatic N) is 2. The zero-order valence-electron chi connectivity index (χ0n) is 10.2. The van der Waals surface area contributed by atoms with Gasteiger partial charge in [-0.05, 0) is 39.8 Å². The van der Waals surface area contributed by atoms with E-state index in [4.69, 9.17) is 0 Å². The van der Waals surface area contributed by atoms with Crippen molar-refractivity contribution < 1.29 is 0 Å². The van der Waals surface area contributed by atoms with Crippen LogP contribution in [0.25, 0.3) is 0 Å². The summed E-state index contributed by atoms with van der Waals surface area (Å²) in [5.74, 6) is 0. The lowest BCUT2D eigenvalue weighted by Gasteiger charge is -2.33. The fourth-order valence-electron chi connectivity index (χ4n) is 1.22. The van der Waals surface area contributed by atoms with Crippen molar-refractivity contribution in [2.24, 2.45) is 0 Å². The molecule has 0 radical (unpaired) electrons. The zero-order valence-corrected chi connectivity index (χ0v) is 12.2. The molecule has 0 spiro atoms. The van der Waals surface area contributed by atoms with Crippen molar-refractivity contribution in [1.82, 2.24) is 15.1 Å². The lowest BCUT2D eigenvalue weighted by Crippen LogP contribution is -2.52. The van der Waals surface area contributed by atoms with Crippen LogP contribution in [0.4, 0.5) is 0 Å². The Labute approximate surface area is 85.9 Å². The van der Waals surface area contributed by atoms with Crippen molar-refractivity contribution in [2.45, 2.75) is 25.2 Å². The first-order chi connectivity index (χ1) is 5.74. The first-order valence-corrected chi connectivity index (χ1v) is 5.80. The summed E-state index contributed by atoms with van der Waals surface area (Å²) >= 11 is 0. The molecule has 0 saturated carbocycles. The normalized spacial score (nSPS) is 13.6. The Morgan fingerprint density at radius 1 is 1.15 bits per heavy atom. The molecule has 0 rings (SSSR count). The van der Waals surface area contributed by atoms with Gasteiger partial charge in [-0.1, -0.05) is 13.8 Å². The Hall–Kier alpha value is 0.0969. The van der Waals surface area contributed by atoms with Gasteiger partial charge in [-0.15, -0.1) is 0 Å². The summed E-state index contributed by atoms with van der Waals surface area (Å²) in [6.45, 7) is 5.68. The summed E-state index contributed by atoms with van der Waals surface area (Å²) in [6.07, 6.45) is 0.341. The summed E-state index contributed by atoms with van der Waals surface area (Å²) < 4.78 is 0. The van der Waals surface area contributed by atoms with E-state index in [-0.39, 0.29) is 0 Å². The van der Waals surface area contributed by atoms with Crippen molar-refractivity contribution in [1.29, 1.82) is 0 Å². The Morgan fingerprint density at radius 2 is 1.54 bits per heavy atom. The van der Waals surface area contributed by atoms with Gasteiger partial charge in [-0.25, -0.2) is 0 Å². The minimum absolute atomic E-state index is 0.341. The molecule has 0 aromatic heterocycles. The molecular formula is C9H25N3Si. The van der Waals surface area contributed by atoms with E-state index in [2.05, 4.69) is 57.2 Å². The highest BCUT2D eigenvalue weighted by atomic mass is 28.1. The lowest BCUT2D eigenvalue weighted by molar-refractivity contribution is 0.0933. The summed E-state index contributed by atoms with van der Waals surface area (Å²) in [6, 6.07) is 0. The topological polar surface area (TPSA) is 18.5 Å². The van der Waals surface area contributed by atoms with E-state index in [1.807, 2.05) is 0 Å². The Morgan fingerprint density at radius 3 is 1.77 bits per heavy atom. The lowest BCUT2D eigenvalue weighted by atomic mass is 10.2. The molecule has 4 heteroatoms. The first-order valence-electron chi connectivity index (χ1n) is 4.80. The number of rotatable bonds is 5. The third kappa shape index (κ3) is 6.21. The quantitative estimate of drug-likeness (QED) is 0.482. The van der Waals surface area contributed by atoms with Crippen molar-refractivity contribution in [3.8, 4) is 0 Å². The van der Waals surface area contributed by atoms with Crippen molar-refractivity contribution in [3.63, 3.8) is 0 Å². The summed E-state index contributed by atoms with van der Waals surface area (Å²) in [5, 5.41) is 4.02. The maximum atomic E-state index is 3.55. The van der Waals surface area contributed by atoms with Crippen LogP contribution >= 0.6 is 0 Å². The van der Waals surface area contributed by atoms with Crippen LogP contribution in [-0.2, 0) is 0 Å². The molecular weight excluding hydrogens is 178 g/mol. The standard InChI is InChI=1S/C9H25N3Si/c1-9(2,13)7-10-8(11(3)4)12(5)6/h8,10H,7H2,1-6,13H3. The summed E-state index contributed by atoms with van der Waals surface area (Å²) in [5.41, 5.74) is 0. The van der Waals surface area contributed by atoms with Crippen LogP contribution in [0.5, 0.6) is 0 Å². The van der Waals surface area contributed by atoms with Gasteiger partial charge in [-0.2, -0.15) is 0 Å². The van der Waals surface area contributed by atoms with Gasteiger partial charge in [0.05, 0.1) is 0 Å². The molecule has 0 aliphatic rings. The fraction of sp³-hybridized carbons (Fsp3) is 1.00. The minimum atomic E-state index is 0.341. The van der Waals surface area contributed by atoms with Gasteiger partial charge < -0.3 is 0 Å². The predicted octanol–water partition coefficient (Wildman–Crippen LogP) is -0.453. The third-order valence-corrected chi connectivity index (χ3v) is 2.15. The van der Waals surface area contributed by atoms with E-state index < -0.39 is 0 Å².